The fraction of sp³-hybridized carbons (Fsp3) is 0.0769. The van der Waals surface area contributed by atoms with Crippen LogP contribution in [0.1, 0.15) is 0 Å². The van der Waals surface area contributed by atoms with Gasteiger partial charge in [0.05, 0.1) is 17.1 Å². The number of non-ortho nitro benzene ring substituents is 1. The minimum atomic E-state index is -0.417. The third-order valence-corrected chi connectivity index (χ3v) is 3.72. The molecule has 0 unspecified atom stereocenters. The standard InChI is InChI=1S/C13H10ClNO3S/c1-18-13-8-11(6-7-12(13)14)19-10-4-2-9(3-5-10)15(16)17/h2-8H,1H3. The molecule has 0 heterocycles. The largest absolute Gasteiger partial charge is 0.495 e. The lowest BCUT2D eigenvalue weighted by Gasteiger charge is -2.06. The molecule has 0 fully saturated rings. The van der Waals surface area contributed by atoms with Crippen LogP contribution in [0, 0.1) is 10.1 Å². The molecule has 2 rings (SSSR count). The number of ether oxygens (including phenoxy) is 1. The van der Waals surface area contributed by atoms with Gasteiger partial charge in [-0.15, -0.1) is 0 Å². The van der Waals surface area contributed by atoms with Crippen LogP contribution in [0.15, 0.2) is 52.3 Å². The molecule has 0 aromatic heterocycles. The average molecular weight is 296 g/mol. The quantitative estimate of drug-likeness (QED) is 0.619. The fourth-order valence-corrected chi connectivity index (χ4v) is 2.52. The van der Waals surface area contributed by atoms with Gasteiger partial charge in [-0.1, -0.05) is 23.4 Å². The van der Waals surface area contributed by atoms with E-state index in [0.717, 1.165) is 9.79 Å². The van der Waals surface area contributed by atoms with Gasteiger partial charge in [-0.25, -0.2) is 0 Å². The fourth-order valence-electron chi connectivity index (χ4n) is 1.48. The van der Waals surface area contributed by atoms with E-state index in [-0.39, 0.29) is 5.69 Å². The number of benzene rings is 2. The van der Waals surface area contributed by atoms with E-state index < -0.39 is 4.92 Å². The molecular weight excluding hydrogens is 286 g/mol. The predicted molar refractivity (Wildman–Crippen MR) is 75.2 cm³/mol. The molecule has 0 amide bonds. The Balaban J connectivity index is 2.19. The van der Waals surface area contributed by atoms with E-state index >= 15 is 0 Å². The van der Waals surface area contributed by atoms with Crippen molar-refractivity contribution in [3.63, 3.8) is 0 Å². The maximum absolute atomic E-state index is 10.6. The number of hydrogen-bond donors (Lipinski definition) is 0. The summed E-state index contributed by atoms with van der Waals surface area (Å²) in [6, 6.07) is 11.8. The summed E-state index contributed by atoms with van der Waals surface area (Å²) >= 11 is 7.43. The molecule has 2 aromatic rings. The highest BCUT2D eigenvalue weighted by Crippen LogP contribution is 2.34. The Labute approximate surface area is 119 Å². The zero-order valence-electron chi connectivity index (χ0n) is 10.00. The van der Waals surface area contributed by atoms with Crippen molar-refractivity contribution >= 4 is 29.1 Å². The highest BCUT2D eigenvalue weighted by Gasteiger charge is 2.06. The minimum Gasteiger partial charge on any atom is -0.495 e. The molecule has 2 aromatic carbocycles. The Morgan fingerprint density at radius 3 is 2.37 bits per heavy atom. The van der Waals surface area contributed by atoms with Gasteiger partial charge in [0.15, 0.2) is 0 Å². The lowest BCUT2D eigenvalue weighted by atomic mass is 10.3. The highest BCUT2D eigenvalue weighted by molar-refractivity contribution is 7.99. The lowest BCUT2D eigenvalue weighted by Crippen LogP contribution is -1.87. The molecule has 98 valence electrons. The maximum Gasteiger partial charge on any atom is 0.269 e. The SMILES string of the molecule is COc1cc(Sc2ccc([N+](=O)[O-])cc2)ccc1Cl. The first-order valence-electron chi connectivity index (χ1n) is 5.36. The molecule has 4 nitrogen and oxygen atoms in total. The van der Waals surface area contributed by atoms with Crippen LogP contribution >= 0.6 is 23.4 Å². The van der Waals surface area contributed by atoms with Crippen molar-refractivity contribution in [2.75, 3.05) is 7.11 Å². The first kappa shape index (κ1) is 13.7. The number of methoxy groups -OCH3 is 1. The van der Waals surface area contributed by atoms with Crippen molar-refractivity contribution in [3.05, 3.63) is 57.6 Å². The van der Waals surface area contributed by atoms with Crippen LogP contribution in [0.5, 0.6) is 5.75 Å². The van der Waals surface area contributed by atoms with Crippen molar-refractivity contribution in [3.8, 4) is 5.75 Å². The van der Waals surface area contributed by atoms with E-state index in [4.69, 9.17) is 16.3 Å². The van der Waals surface area contributed by atoms with Crippen molar-refractivity contribution in [1.29, 1.82) is 0 Å². The van der Waals surface area contributed by atoms with Crippen LogP contribution < -0.4 is 4.74 Å². The van der Waals surface area contributed by atoms with Crippen molar-refractivity contribution in [2.45, 2.75) is 9.79 Å². The second-order valence-corrected chi connectivity index (χ2v) is 5.20. The van der Waals surface area contributed by atoms with Crippen LogP contribution in [-0.4, -0.2) is 12.0 Å². The summed E-state index contributed by atoms with van der Waals surface area (Å²) in [4.78, 5) is 12.0. The molecule has 0 aliphatic rings. The molecule has 0 aliphatic heterocycles. The van der Waals surface area contributed by atoms with Gasteiger partial charge >= 0.3 is 0 Å². The second-order valence-electron chi connectivity index (χ2n) is 3.65. The van der Waals surface area contributed by atoms with Crippen LogP contribution in [0.2, 0.25) is 5.02 Å². The summed E-state index contributed by atoms with van der Waals surface area (Å²) in [7, 11) is 1.56. The first-order valence-corrected chi connectivity index (χ1v) is 6.55. The van der Waals surface area contributed by atoms with E-state index in [1.54, 1.807) is 25.3 Å². The van der Waals surface area contributed by atoms with Crippen LogP contribution in [0.25, 0.3) is 0 Å². The van der Waals surface area contributed by atoms with Crippen LogP contribution in [0.4, 0.5) is 5.69 Å². The molecule has 6 heteroatoms. The minimum absolute atomic E-state index is 0.0815. The van der Waals surface area contributed by atoms with Crippen LogP contribution in [0.3, 0.4) is 0 Å². The number of hydrogen-bond acceptors (Lipinski definition) is 4. The average Bonchev–Trinajstić information content (AvgIpc) is 2.41. The number of rotatable bonds is 4. The number of halogens is 1. The normalized spacial score (nSPS) is 10.2. The third-order valence-electron chi connectivity index (χ3n) is 2.41. The molecule has 0 atom stereocenters. The molecular formula is C13H10ClNO3S. The first-order chi connectivity index (χ1) is 9.10. The Kier molecular flexibility index (Phi) is 4.29. The van der Waals surface area contributed by atoms with Gasteiger partial charge in [0.2, 0.25) is 0 Å². The summed E-state index contributed by atoms with van der Waals surface area (Å²) in [5.74, 6) is 0.605. The molecule has 0 radical (unpaired) electrons. The van der Waals surface area contributed by atoms with Gasteiger partial charge in [0.1, 0.15) is 5.75 Å². The molecule has 0 N–H and O–H groups in total. The summed E-state index contributed by atoms with van der Waals surface area (Å²) < 4.78 is 5.14. The molecule has 0 aliphatic carbocycles. The van der Waals surface area contributed by atoms with Crippen LogP contribution in [-0.2, 0) is 0 Å². The Morgan fingerprint density at radius 2 is 1.79 bits per heavy atom. The smallest absolute Gasteiger partial charge is 0.269 e. The van der Waals surface area contributed by atoms with Gasteiger partial charge < -0.3 is 4.74 Å². The molecule has 0 saturated heterocycles. The molecule has 0 saturated carbocycles. The van der Waals surface area contributed by atoms with E-state index in [1.807, 2.05) is 12.1 Å². The van der Waals surface area contributed by atoms with Gasteiger partial charge in [0.25, 0.3) is 5.69 Å². The Morgan fingerprint density at radius 1 is 1.16 bits per heavy atom. The zero-order chi connectivity index (χ0) is 13.8. The van der Waals surface area contributed by atoms with Gasteiger partial charge in [0, 0.05) is 21.9 Å². The van der Waals surface area contributed by atoms with E-state index in [2.05, 4.69) is 0 Å². The summed E-state index contributed by atoms with van der Waals surface area (Å²) in [6.45, 7) is 0. The van der Waals surface area contributed by atoms with E-state index in [1.165, 1.54) is 23.9 Å². The third kappa shape index (κ3) is 3.39. The Bertz CT molecular complexity index is 601. The molecule has 0 spiro atoms. The number of nitrogens with zero attached hydrogens (tertiary/aromatic N) is 1. The van der Waals surface area contributed by atoms with Crippen molar-refractivity contribution < 1.29 is 9.66 Å². The summed E-state index contributed by atoms with van der Waals surface area (Å²) in [6.07, 6.45) is 0. The highest BCUT2D eigenvalue weighted by atomic mass is 35.5. The zero-order valence-corrected chi connectivity index (χ0v) is 11.6. The van der Waals surface area contributed by atoms with Crippen molar-refractivity contribution in [2.24, 2.45) is 0 Å². The monoisotopic (exact) mass is 295 g/mol. The topological polar surface area (TPSA) is 52.4 Å². The summed E-state index contributed by atoms with van der Waals surface area (Å²) in [5, 5.41) is 11.1. The van der Waals surface area contributed by atoms with Gasteiger partial charge in [-0.2, -0.15) is 0 Å². The Hall–Kier alpha value is -1.72. The van der Waals surface area contributed by atoms with E-state index in [0.29, 0.717) is 10.8 Å². The number of nitro groups is 1. The molecule has 0 bridgehead atoms. The van der Waals surface area contributed by atoms with Gasteiger partial charge in [-0.3, -0.25) is 10.1 Å². The lowest BCUT2D eigenvalue weighted by molar-refractivity contribution is -0.384. The van der Waals surface area contributed by atoms with E-state index in [9.17, 15) is 10.1 Å². The molecule has 19 heavy (non-hydrogen) atoms. The van der Waals surface area contributed by atoms with Crippen molar-refractivity contribution in [1.82, 2.24) is 0 Å². The summed E-state index contributed by atoms with van der Waals surface area (Å²) in [5.41, 5.74) is 0.0815. The van der Waals surface area contributed by atoms with Gasteiger partial charge in [-0.05, 0) is 30.3 Å². The predicted octanol–water partition coefficient (Wildman–Crippen LogP) is 4.41. The number of nitro benzene ring substituents is 1. The second kappa shape index (κ2) is 5.95. The maximum atomic E-state index is 10.6.